The van der Waals surface area contributed by atoms with E-state index >= 15 is 0 Å². The van der Waals surface area contributed by atoms with Crippen LogP contribution in [0.3, 0.4) is 0 Å². The number of rotatable bonds is 15. The molecule has 4 aromatic carbocycles. The van der Waals surface area contributed by atoms with Crippen molar-refractivity contribution in [3.63, 3.8) is 0 Å². The molecule has 19 nitrogen and oxygen atoms in total. The zero-order valence-corrected chi connectivity index (χ0v) is 38.6. The Morgan fingerprint density at radius 3 is 1.35 bits per heavy atom. The van der Waals surface area contributed by atoms with E-state index in [2.05, 4.69) is 0 Å². The highest BCUT2D eigenvalue weighted by Gasteiger charge is 2.40. The first kappa shape index (κ1) is 49.6. The largest absolute Gasteiger partial charge is 0.481 e. The third-order valence-corrected chi connectivity index (χ3v) is 12.5. The van der Waals surface area contributed by atoms with Gasteiger partial charge in [0.2, 0.25) is 13.5 Å². The van der Waals surface area contributed by atoms with Crippen LogP contribution < -0.4 is 19.8 Å². The van der Waals surface area contributed by atoms with E-state index in [4.69, 9.17) is 37.7 Å². The van der Waals surface area contributed by atoms with Gasteiger partial charge < -0.3 is 37.7 Å². The summed E-state index contributed by atoms with van der Waals surface area (Å²) >= 11 is 0. The number of para-hydroxylation sites is 2. The fraction of sp³-hybridized carbons (Fsp3) is 0.308. The van der Waals surface area contributed by atoms with Gasteiger partial charge in [0.05, 0.1) is 75.0 Å². The first-order valence-corrected chi connectivity index (χ1v) is 23.1. The SMILES string of the molecule is O=C(CCC(=O)ON1C(=O)CCC1=O)OC[N+]1(c2cc(=O)c3cccc(-c4ccccc4)c3o2)CCOCC1.O=C(O)CCC(=O)OC[N+]1(c2cc(=O)c3cccc(-c4ccccc4)c3o2)CCOCC1. The number of hydrogen-bond acceptors (Lipinski definition) is 15. The van der Waals surface area contributed by atoms with Crippen LogP contribution in [-0.2, 0) is 52.6 Å². The number of nitrogens with zero attached hydrogens (tertiary/aromatic N) is 3. The van der Waals surface area contributed by atoms with Crippen molar-refractivity contribution in [2.45, 2.75) is 38.5 Å². The molecule has 3 saturated heterocycles. The van der Waals surface area contributed by atoms with Crippen LogP contribution in [0.1, 0.15) is 38.5 Å². The molecule has 5 heterocycles. The lowest BCUT2D eigenvalue weighted by Gasteiger charge is -2.37. The predicted octanol–water partition coefficient (Wildman–Crippen LogP) is 5.85. The van der Waals surface area contributed by atoms with Gasteiger partial charge in [-0.05, 0) is 23.3 Å². The zero-order chi connectivity index (χ0) is 50.0. The summed E-state index contributed by atoms with van der Waals surface area (Å²) in [4.78, 5) is 102. The summed E-state index contributed by atoms with van der Waals surface area (Å²) in [7, 11) is 0. The van der Waals surface area contributed by atoms with Crippen LogP contribution in [0, 0.1) is 0 Å². The molecule has 71 heavy (non-hydrogen) atoms. The van der Waals surface area contributed by atoms with Gasteiger partial charge in [-0.1, -0.05) is 84.9 Å². The van der Waals surface area contributed by atoms with Crippen molar-refractivity contribution in [1.82, 2.24) is 14.0 Å². The van der Waals surface area contributed by atoms with Crippen molar-refractivity contribution in [2.24, 2.45) is 0 Å². The Morgan fingerprint density at radius 1 is 0.521 bits per heavy atom. The number of fused-ring (bicyclic) bond motifs is 2. The molecule has 0 unspecified atom stereocenters. The third kappa shape index (κ3) is 11.6. The van der Waals surface area contributed by atoms with E-state index in [-0.39, 0.29) is 71.8 Å². The van der Waals surface area contributed by atoms with Crippen LogP contribution in [-0.4, -0.2) is 112 Å². The number of hydrogen-bond donors (Lipinski definition) is 1. The standard InChI is InChI=1S/C28H27N2O9.C24H23NO7/c31-22-17-25(38-28-20(7-4-8-21(22)28)19-5-2-1-3-6-19)30(13-15-36-16-14-30)18-37-26(34)11-12-27(35)39-29-23(32)9-10-24(29)33;26-20-15-21(25(11-13-30-14-12-25)16-31-23(29)10-9-22(27)28)32-24-18(7-4-8-19(20)24)17-5-2-1-3-6-17/h1-8,17H,9-16,18H2;1-8,15H,9-14,16H2/q+1;/p+1. The second-order valence-electron chi connectivity index (χ2n) is 17.1. The number of carboxylic acid groups (broad SMARTS) is 1. The Balaban J connectivity index is 0.000000194. The number of hydroxylamine groups is 2. The fourth-order valence-corrected chi connectivity index (χ4v) is 8.45. The molecule has 0 aliphatic carbocycles. The van der Waals surface area contributed by atoms with Crippen LogP contribution in [0.15, 0.2) is 128 Å². The molecule has 3 aliphatic heterocycles. The molecule has 6 aromatic rings. The Hall–Kier alpha value is -7.84. The lowest BCUT2D eigenvalue weighted by molar-refractivity contribution is -0.197. The maximum Gasteiger partial charge on any atom is 0.333 e. The van der Waals surface area contributed by atoms with Gasteiger partial charge in [-0.15, -0.1) is 5.06 Å². The van der Waals surface area contributed by atoms with E-state index in [0.29, 0.717) is 91.4 Å². The molecule has 0 atom stereocenters. The minimum absolute atomic E-state index is 0.0182. The maximum absolute atomic E-state index is 13.2. The van der Waals surface area contributed by atoms with Gasteiger partial charge in [0.15, 0.2) is 22.0 Å². The minimum atomic E-state index is -1.06. The van der Waals surface area contributed by atoms with Crippen molar-refractivity contribution in [2.75, 3.05) is 66.1 Å². The van der Waals surface area contributed by atoms with E-state index in [1.807, 2.05) is 84.9 Å². The third-order valence-electron chi connectivity index (χ3n) is 12.5. The van der Waals surface area contributed by atoms with Crippen LogP contribution in [0.4, 0.5) is 11.8 Å². The molecular formula is C52H51N3O16+2. The summed E-state index contributed by atoms with van der Waals surface area (Å²) in [5.41, 5.74) is 3.90. The average molecular weight is 974 g/mol. The van der Waals surface area contributed by atoms with Crippen molar-refractivity contribution < 1.29 is 66.5 Å². The summed E-state index contributed by atoms with van der Waals surface area (Å²) in [6, 6.07) is 33.0. The van der Waals surface area contributed by atoms with Crippen molar-refractivity contribution >= 4 is 69.4 Å². The summed E-state index contributed by atoms with van der Waals surface area (Å²) in [5.74, 6) is -3.69. The highest BCUT2D eigenvalue weighted by atomic mass is 16.7. The molecule has 19 heteroatoms. The van der Waals surface area contributed by atoms with Gasteiger partial charge in [-0.2, -0.15) is 0 Å². The van der Waals surface area contributed by atoms with Gasteiger partial charge in [-0.25, -0.2) is 13.8 Å². The van der Waals surface area contributed by atoms with Crippen LogP contribution in [0.5, 0.6) is 0 Å². The quantitative estimate of drug-likeness (QED) is 0.0722. The number of benzene rings is 4. The van der Waals surface area contributed by atoms with Crippen molar-refractivity contribution in [3.05, 3.63) is 130 Å². The zero-order valence-electron chi connectivity index (χ0n) is 38.6. The molecule has 368 valence electrons. The summed E-state index contributed by atoms with van der Waals surface area (Å²) in [6.45, 7) is 3.05. The molecule has 0 spiro atoms. The second kappa shape index (κ2) is 22.3. The number of quaternary nitrogens is 2. The second-order valence-corrected chi connectivity index (χ2v) is 17.1. The lowest BCUT2D eigenvalue weighted by Crippen LogP contribution is -2.58. The van der Waals surface area contributed by atoms with E-state index in [0.717, 1.165) is 22.3 Å². The van der Waals surface area contributed by atoms with Gasteiger partial charge >= 0.3 is 35.6 Å². The highest BCUT2D eigenvalue weighted by Crippen LogP contribution is 2.35. The van der Waals surface area contributed by atoms with Crippen LogP contribution in [0.2, 0.25) is 0 Å². The molecule has 1 N–H and O–H groups in total. The van der Waals surface area contributed by atoms with E-state index < -0.39 is 35.7 Å². The first-order chi connectivity index (χ1) is 34.3. The van der Waals surface area contributed by atoms with Gasteiger partial charge in [0.1, 0.15) is 26.2 Å². The molecular weight excluding hydrogens is 923 g/mol. The monoisotopic (exact) mass is 973 g/mol. The number of amides is 2. The Morgan fingerprint density at radius 2 is 0.930 bits per heavy atom. The lowest BCUT2D eigenvalue weighted by atomic mass is 10.0. The average Bonchev–Trinajstić information content (AvgIpc) is 3.71. The molecule has 3 aliphatic rings. The Bertz CT molecular complexity index is 3050. The maximum atomic E-state index is 13.2. The van der Waals surface area contributed by atoms with Crippen LogP contribution in [0.25, 0.3) is 44.2 Å². The van der Waals surface area contributed by atoms with Crippen molar-refractivity contribution in [1.29, 1.82) is 0 Å². The van der Waals surface area contributed by atoms with E-state index in [1.54, 1.807) is 12.1 Å². The summed E-state index contributed by atoms with van der Waals surface area (Å²) < 4.78 is 34.8. The van der Waals surface area contributed by atoms with Crippen molar-refractivity contribution in [3.8, 4) is 22.3 Å². The summed E-state index contributed by atoms with van der Waals surface area (Å²) in [6.07, 6.45) is -1.24. The molecule has 0 bridgehead atoms. The number of carboxylic acids is 1. The Kier molecular flexibility index (Phi) is 15.6. The topological polar surface area (TPSA) is 232 Å². The number of aliphatic carboxylic acids is 1. The minimum Gasteiger partial charge on any atom is -0.481 e. The molecule has 2 amide bonds. The molecule has 3 fully saturated rings. The fourth-order valence-electron chi connectivity index (χ4n) is 8.45. The first-order valence-electron chi connectivity index (χ1n) is 23.1. The highest BCUT2D eigenvalue weighted by molar-refractivity contribution is 6.01. The van der Waals surface area contributed by atoms with E-state index in [1.165, 1.54) is 12.1 Å². The number of carbonyl (C=O) groups excluding carboxylic acids is 5. The number of ether oxygens (including phenoxy) is 4. The molecule has 0 radical (unpaired) electrons. The molecule has 9 rings (SSSR count). The number of morpholine rings is 2. The number of imide groups is 1. The molecule has 0 saturated carbocycles. The number of carbonyl (C=O) groups is 6. The van der Waals surface area contributed by atoms with Gasteiger partial charge in [-0.3, -0.25) is 33.6 Å². The van der Waals surface area contributed by atoms with E-state index in [9.17, 15) is 38.4 Å². The smallest absolute Gasteiger partial charge is 0.333 e. The van der Waals surface area contributed by atoms with Gasteiger partial charge in [0.25, 0.3) is 11.8 Å². The normalized spacial score (nSPS) is 16.2. The van der Waals surface area contributed by atoms with Crippen LogP contribution >= 0.6 is 0 Å². The molecule has 2 aromatic heterocycles. The predicted molar refractivity (Wildman–Crippen MR) is 256 cm³/mol. The number of esters is 2. The summed E-state index contributed by atoms with van der Waals surface area (Å²) in [5, 5.41) is 10.1. The van der Waals surface area contributed by atoms with Gasteiger partial charge in [0, 0.05) is 24.0 Å². The Labute approximate surface area is 405 Å².